The van der Waals surface area contributed by atoms with Gasteiger partial charge in [-0.15, -0.1) is 0 Å². The van der Waals surface area contributed by atoms with E-state index in [1.807, 2.05) is 12.1 Å². The lowest BCUT2D eigenvalue weighted by atomic mass is 9.88. The zero-order valence-electron chi connectivity index (χ0n) is 21.4. The van der Waals surface area contributed by atoms with Gasteiger partial charge in [0.2, 0.25) is 0 Å². The number of ketones is 1. The van der Waals surface area contributed by atoms with Crippen molar-refractivity contribution in [1.29, 1.82) is 0 Å². The summed E-state index contributed by atoms with van der Waals surface area (Å²) in [6, 6.07) is 10.6. The molecule has 2 aliphatic carbocycles. The van der Waals surface area contributed by atoms with Gasteiger partial charge in [-0.1, -0.05) is 17.7 Å². The highest BCUT2D eigenvalue weighted by atomic mass is 35.5. The van der Waals surface area contributed by atoms with Crippen LogP contribution in [0.15, 0.2) is 36.5 Å². The van der Waals surface area contributed by atoms with Crippen molar-refractivity contribution in [3.05, 3.63) is 47.1 Å². The molecule has 0 amide bonds. The predicted molar refractivity (Wildman–Crippen MR) is 146 cm³/mol. The maximum atomic E-state index is 13.4. The zero-order chi connectivity index (χ0) is 25.6. The van der Waals surface area contributed by atoms with Crippen LogP contribution in [0.3, 0.4) is 0 Å². The first-order valence-corrected chi connectivity index (χ1v) is 13.1. The number of pyridine rings is 1. The number of ether oxygens (including phenoxy) is 1. The normalized spacial score (nSPS) is 20.1. The Labute approximate surface area is 217 Å². The van der Waals surface area contributed by atoms with Crippen molar-refractivity contribution in [2.45, 2.75) is 50.6 Å². The molecule has 1 aromatic heterocycles. The Kier molecular flexibility index (Phi) is 6.84. The van der Waals surface area contributed by atoms with Gasteiger partial charge >= 0.3 is 0 Å². The minimum Gasteiger partial charge on any atom is -0.503 e. The van der Waals surface area contributed by atoms with E-state index in [-0.39, 0.29) is 22.5 Å². The summed E-state index contributed by atoms with van der Waals surface area (Å²) in [5, 5.41) is 11.4. The van der Waals surface area contributed by atoms with E-state index in [1.165, 1.54) is 7.11 Å². The number of carbonyl (C=O) groups excluding carboxylic acids is 1. The lowest BCUT2D eigenvalue weighted by Gasteiger charge is -2.39. The second-order valence-corrected chi connectivity index (χ2v) is 10.8. The third kappa shape index (κ3) is 4.64. The van der Waals surface area contributed by atoms with E-state index in [4.69, 9.17) is 21.3 Å². The monoisotopic (exact) mass is 507 g/mol. The topological polar surface area (TPSA) is 65.9 Å². The smallest absolute Gasteiger partial charge is 0.176 e. The molecule has 36 heavy (non-hydrogen) atoms. The first-order chi connectivity index (χ1) is 17.3. The van der Waals surface area contributed by atoms with Gasteiger partial charge < -0.3 is 19.6 Å². The van der Waals surface area contributed by atoms with Gasteiger partial charge in [0.15, 0.2) is 17.3 Å². The van der Waals surface area contributed by atoms with Crippen molar-refractivity contribution < 1.29 is 14.6 Å². The summed E-state index contributed by atoms with van der Waals surface area (Å²) in [5.41, 5.74) is 4.30. The molecule has 2 saturated carbocycles. The van der Waals surface area contributed by atoms with Crippen LogP contribution in [-0.2, 0) is 0 Å². The number of anilines is 1. The molecule has 0 aliphatic heterocycles. The van der Waals surface area contributed by atoms with E-state index >= 15 is 0 Å². The third-order valence-electron chi connectivity index (χ3n) is 7.93. The number of phenolic OH excluding ortho intramolecular Hbond substituents is 1. The fourth-order valence-corrected chi connectivity index (χ4v) is 5.74. The summed E-state index contributed by atoms with van der Waals surface area (Å²) in [7, 11) is 7.95. The lowest BCUT2D eigenvalue weighted by molar-refractivity contribution is 0.0967. The maximum Gasteiger partial charge on any atom is 0.176 e. The molecule has 3 aromatic rings. The van der Waals surface area contributed by atoms with Gasteiger partial charge in [-0.3, -0.25) is 9.78 Å². The number of aromatic hydroxyl groups is 1. The van der Waals surface area contributed by atoms with Gasteiger partial charge in [-0.2, -0.15) is 0 Å². The lowest BCUT2D eigenvalue weighted by Crippen LogP contribution is -2.41. The number of aromatic nitrogens is 1. The Morgan fingerprint density at radius 2 is 1.69 bits per heavy atom. The molecule has 2 aliphatic rings. The SMILES string of the molecule is COc1cc(-c2ccc3ncc(C(=O)C4CC4)c(N(C)[C@H]4CC[C@H](N(C)C)CC4)c3c2)cc(Cl)c1O. The van der Waals surface area contributed by atoms with Crippen LogP contribution < -0.4 is 9.64 Å². The summed E-state index contributed by atoms with van der Waals surface area (Å²) < 4.78 is 5.32. The first kappa shape index (κ1) is 24.8. The number of hydrogen-bond donors (Lipinski definition) is 1. The molecule has 2 fully saturated rings. The average Bonchev–Trinajstić information content (AvgIpc) is 3.74. The molecule has 0 atom stereocenters. The van der Waals surface area contributed by atoms with E-state index in [0.29, 0.717) is 17.8 Å². The Bertz CT molecular complexity index is 1300. The molecule has 0 bridgehead atoms. The van der Waals surface area contributed by atoms with Gasteiger partial charge in [-0.25, -0.2) is 0 Å². The van der Waals surface area contributed by atoms with Crippen LogP contribution in [0.2, 0.25) is 5.02 Å². The summed E-state index contributed by atoms with van der Waals surface area (Å²) in [6.07, 6.45) is 8.16. The van der Waals surface area contributed by atoms with Crippen LogP contribution in [-0.4, -0.2) is 61.1 Å². The summed E-state index contributed by atoms with van der Waals surface area (Å²) >= 11 is 6.29. The Morgan fingerprint density at radius 1 is 1.00 bits per heavy atom. The molecule has 190 valence electrons. The van der Waals surface area contributed by atoms with E-state index in [9.17, 15) is 9.90 Å². The number of carbonyl (C=O) groups is 1. The minimum absolute atomic E-state index is 0.0727. The van der Waals surface area contributed by atoms with Gasteiger partial charge in [0.05, 0.1) is 28.9 Å². The van der Waals surface area contributed by atoms with Crippen LogP contribution in [0, 0.1) is 5.92 Å². The van der Waals surface area contributed by atoms with E-state index < -0.39 is 0 Å². The number of Topliss-reactive ketones (excluding diaryl/α,β-unsaturated/α-hetero) is 1. The van der Waals surface area contributed by atoms with Crippen molar-refractivity contribution in [3.8, 4) is 22.6 Å². The standard InChI is InChI=1S/C29H34ClN3O3/c1-32(2)20-8-10-21(11-9-20)33(3)27-22-13-18(19-14-24(30)29(35)26(15-19)36-4)7-12-25(22)31-16-23(27)28(34)17-5-6-17/h7,12-17,20-21,35H,5-6,8-11H2,1-4H3/t20-,21-. The van der Waals surface area contributed by atoms with Gasteiger partial charge in [0.25, 0.3) is 0 Å². The van der Waals surface area contributed by atoms with Crippen molar-refractivity contribution >= 4 is 34.0 Å². The number of nitrogens with zero attached hydrogens (tertiary/aromatic N) is 3. The van der Waals surface area contributed by atoms with Crippen molar-refractivity contribution in [3.63, 3.8) is 0 Å². The number of hydrogen-bond acceptors (Lipinski definition) is 6. The molecule has 1 N–H and O–H groups in total. The number of halogens is 1. The summed E-state index contributed by atoms with van der Waals surface area (Å²) in [5.74, 6) is 0.567. The molecule has 1 heterocycles. The average molecular weight is 508 g/mol. The largest absolute Gasteiger partial charge is 0.503 e. The van der Waals surface area contributed by atoms with E-state index in [0.717, 1.165) is 71.8 Å². The fraction of sp³-hybridized carbons (Fsp3) is 0.448. The number of benzene rings is 2. The van der Waals surface area contributed by atoms with Crippen LogP contribution in [0.4, 0.5) is 5.69 Å². The highest BCUT2D eigenvalue weighted by Gasteiger charge is 2.35. The number of methoxy groups -OCH3 is 1. The number of rotatable bonds is 7. The van der Waals surface area contributed by atoms with E-state index in [2.05, 4.69) is 37.0 Å². The van der Waals surface area contributed by atoms with Gasteiger partial charge in [0.1, 0.15) is 0 Å². The molecule has 0 radical (unpaired) electrons. The molecular formula is C29H34ClN3O3. The van der Waals surface area contributed by atoms with Crippen molar-refractivity contribution in [1.82, 2.24) is 9.88 Å². The third-order valence-corrected chi connectivity index (χ3v) is 8.22. The molecular weight excluding hydrogens is 474 g/mol. The first-order valence-electron chi connectivity index (χ1n) is 12.7. The quantitative estimate of drug-likeness (QED) is 0.386. The van der Waals surface area contributed by atoms with Crippen LogP contribution in [0.5, 0.6) is 11.5 Å². The molecule has 0 spiro atoms. The summed E-state index contributed by atoms with van der Waals surface area (Å²) in [6.45, 7) is 0. The zero-order valence-corrected chi connectivity index (χ0v) is 22.2. The second kappa shape index (κ2) is 9.91. The molecule has 7 heteroatoms. The van der Waals surface area contributed by atoms with Crippen molar-refractivity contribution in [2.24, 2.45) is 5.92 Å². The van der Waals surface area contributed by atoms with Gasteiger partial charge in [-0.05, 0) is 88.0 Å². The number of fused-ring (bicyclic) bond motifs is 1. The van der Waals surface area contributed by atoms with E-state index in [1.54, 1.807) is 18.3 Å². The van der Waals surface area contributed by atoms with Crippen LogP contribution >= 0.6 is 11.6 Å². The Morgan fingerprint density at radius 3 is 2.33 bits per heavy atom. The summed E-state index contributed by atoms with van der Waals surface area (Å²) in [4.78, 5) is 22.7. The molecule has 0 saturated heterocycles. The van der Waals surface area contributed by atoms with Crippen LogP contribution in [0.25, 0.3) is 22.0 Å². The molecule has 0 unspecified atom stereocenters. The Hall–Kier alpha value is -2.83. The van der Waals surface area contributed by atoms with Crippen LogP contribution in [0.1, 0.15) is 48.9 Å². The maximum absolute atomic E-state index is 13.4. The second-order valence-electron chi connectivity index (χ2n) is 10.4. The highest BCUT2D eigenvalue weighted by molar-refractivity contribution is 6.32. The molecule has 2 aromatic carbocycles. The molecule has 6 nitrogen and oxygen atoms in total. The number of phenols is 1. The Balaban J connectivity index is 1.61. The van der Waals surface area contributed by atoms with Crippen molar-refractivity contribution in [2.75, 3.05) is 33.2 Å². The predicted octanol–water partition coefficient (Wildman–Crippen LogP) is 6.17. The van der Waals surface area contributed by atoms with Gasteiger partial charge in [0, 0.05) is 36.6 Å². The highest BCUT2D eigenvalue weighted by Crippen LogP contribution is 2.42. The minimum atomic E-state index is -0.0727. The fourth-order valence-electron chi connectivity index (χ4n) is 5.52. The molecule has 5 rings (SSSR count).